The fourth-order valence-corrected chi connectivity index (χ4v) is 1.95. The summed E-state index contributed by atoms with van der Waals surface area (Å²) < 4.78 is 5.47. The van der Waals surface area contributed by atoms with E-state index in [-0.39, 0.29) is 5.97 Å². The van der Waals surface area contributed by atoms with E-state index in [4.69, 9.17) is 4.74 Å². The first-order valence-electron chi connectivity index (χ1n) is 4.61. The molecule has 0 aromatic heterocycles. The van der Waals surface area contributed by atoms with Crippen LogP contribution in [0.5, 0.6) is 0 Å². The summed E-state index contributed by atoms with van der Waals surface area (Å²) in [5.41, 5.74) is 1.74. The molecule has 0 heterocycles. The van der Waals surface area contributed by atoms with Crippen LogP contribution >= 0.6 is 31.9 Å². The van der Waals surface area contributed by atoms with Crippen LogP contribution in [0.3, 0.4) is 0 Å². The van der Waals surface area contributed by atoms with Gasteiger partial charge in [0.2, 0.25) is 0 Å². The van der Waals surface area contributed by atoms with Gasteiger partial charge in [-0.25, -0.2) is 4.79 Å². The van der Waals surface area contributed by atoms with Gasteiger partial charge in [0, 0.05) is 9.80 Å². The van der Waals surface area contributed by atoms with Gasteiger partial charge >= 0.3 is 5.97 Å². The van der Waals surface area contributed by atoms with Crippen LogP contribution in [0.25, 0.3) is 0 Å². The molecule has 4 heteroatoms. The van der Waals surface area contributed by atoms with Crippen molar-refractivity contribution in [3.63, 3.8) is 0 Å². The molecule has 0 aliphatic carbocycles. The third-order valence-electron chi connectivity index (χ3n) is 2.04. The Balaban J connectivity index is 2.89. The minimum atomic E-state index is -0.303. The van der Waals surface area contributed by atoms with Crippen LogP contribution in [-0.2, 0) is 11.2 Å². The van der Waals surface area contributed by atoms with Crippen molar-refractivity contribution in [1.82, 2.24) is 0 Å². The Morgan fingerprint density at radius 2 is 2.20 bits per heavy atom. The van der Waals surface area contributed by atoms with E-state index < -0.39 is 0 Å². The molecule has 0 saturated heterocycles. The average molecular weight is 336 g/mol. The van der Waals surface area contributed by atoms with E-state index in [1.54, 1.807) is 0 Å². The lowest BCUT2D eigenvalue weighted by molar-refractivity contribution is 0.0599. The van der Waals surface area contributed by atoms with E-state index in [1.165, 1.54) is 7.11 Å². The number of ether oxygens (including phenoxy) is 1. The molecule has 0 saturated carbocycles. The lowest BCUT2D eigenvalue weighted by Gasteiger charge is -2.05. The Morgan fingerprint density at radius 1 is 1.47 bits per heavy atom. The number of benzene rings is 1. The molecule has 15 heavy (non-hydrogen) atoms. The van der Waals surface area contributed by atoms with E-state index in [0.29, 0.717) is 5.56 Å². The number of esters is 1. The molecule has 0 N–H and O–H groups in total. The lowest BCUT2D eigenvalue weighted by Crippen LogP contribution is -2.03. The second-order valence-corrected chi connectivity index (χ2v) is 4.75. The first kappa shape index (κ1) is 12.7. The Hall–Kier alpha value is -0.350. The molecule has 0 bridgehead atoms. The van der Waals surface area contributed by atoms with Crippen molar-refractivity contribution in [2.45, 2.75) is 12.8 Å². The maximum Gasteiger partial charge on any atom is 0.339 e. The van der Waals surface area contributed by atoms with E-state index in [0.717, 1.165) is 28.2 Å². The highest BCUT2D eigenvalue weighted by molar-refractivity contribution is 9.10. The number of alkyl halides is 1. The number of hydrogen-bond acceptors (Lipinski definition) is 2. The molecule has 0 unspecified atom stereocenters. The van der Waals surface area contributed by atoms with Crippen LogP contribution in [0, 0.1) is 0 Å². The molecular weight excluding hydrogens is 324 g/mol. The molecule has 0 atom stereocenters. The highest BCUT2D eigenvalue weighted by Gasteiger charge is 2.10. The SMILES string of the molecule is COC(=O)c1cc(CCCBr)ccc1Br. The minimum Gasteiger partial charge on any atom is -0.465 e. The van der Waals surface area contributed by atoms with Gasteiger partial charge in [0.25, 0.3) is 0 Å². The van der Waals surface area contributed by atoms with Crippen LogP contribution in [-0.4, -0.2) is 18.4 Å². The molecule has 0 fully saturated rings. The van der Waals surface area contributed by atoms with Crippen LogP contribution in [0.2, 0.25) is 0 Å². The molecule has 0 aliphatic rings. The van der Waals surface area contributed by atoms with Crippen LogP contribution < -0.4 is 0 Å². The topological polar surface area (TPSA) is 26.3 Å². The zero-order chi connectivity index (χ0) is 11.3. The zero-order valence-corrected chi connectivity index (χ0v) is 11.6. The Bertz CT molecular complexity index is 350. The Labute approximate surface area is 106 Å². The van der Waals surface area contributed by atoms with Crippen molar-refractivity contribution < 1.29 is 9.53 Å². The average Bonchev–Trinajstić information content (AvgIpc) is 2.27. The van der Waals surface area contributed by atoms with Gasteiger partial charge in [-0.15, -0.1) is 0 Å². The maximum absolute atomic E-state index is 11.4. The summed E-state index contributed by atoms with van der Waals surface area (Å²) in [5.74, 6) is -0.303. The smallest absolute Gasteiger partial charge is 0.339 e. The summed E-state index contributed by atoms with van der Waals surface area (Å²) >= 11 is 6.71. The van der Waals surface area contributed by atoms with Gasteiger partial charge in [0.1, 0.15) is 0 Å². The summed E-state index contributed by atoms with van der Waals surface area (Å²) in [6.07, 6.45) is 2.02. The molecular formula is C11H12Br2O2. The molecule has 82 valence electrons. The molecule has 0 radical (unpaired) electrons. The third-order valence-corrected chi connectivity index (χ3v) is 3.29. The summed E-state index contributed by atoms with van der Waals surface area (Å²) in [6.45, 7) is 0. The number of aryl methyl sites for hydroxylation is 1. The van der Waals surface area contributed by atoms with Gasteiger partial charge < -0.3 is 4.74 Å². The second-order valence-electron chi connectivity index (χ2n) is 3.10. The highest BCUT2D eigenvalue weighted by Crippen LogP contribution is 2.20. The van der Waals surface area contributed by atoms with Crippen LogP contribution in [0.15, 0.2) is 22.7 Å². The van der Waals surface area contributed by atoms with Crippen molar-refractivity contribution in [2.24, 2.45) is 0 Å². The van der Waals surface area contributed by atoms with Crippen LogP contribution in [0.1, 0.15) is 22.3 Å². The molecule has 0 amide bonds. The Morgan fingerprint density at radius 3 is 2.80 bits per heavy atom. The second kappa shape index (κ2) is 6.28. The molecule has 0 spiro atoms. The summed E-state index contributed by atoms with van der Waals surface area (Å²) in [7, 11) is 1.39. The standard InChI is InChI=1S/C11H12Br2O2/c1-15-11(14)9-7-8(3-2-6-12)4-5-10(9)13/h4-5,7H,2-3,6H2,1H3. The first-order chi connectivity index (χ1) is 7.19. The summed E-state index contributed by atoms with van der Waals surface area (Å²) in [5, 5.41) is 0.969. The van der Waals surface area contributed by atoms with Gasteiger partial charge in [-0.1, -0.05) is 22.0 Å². The molecule has 2 nitrogen and oxygen atoms in total. The third kappa shape index (κ3) is 3.61. The predicted molar refractivity (Wildman–Crippen MR) is 67.6 cm³/mol. The molecule has 1 rings (SSSR count). The van der Waals surface area contributed by atoms with Crippen molar-refractivity contribution in [1.29, 1.82) is 0 Å². The number of halogens is 2. The van der Waals surface area contributed by atoms with Gasteiger partial charge in [0.05, 0.1) is 12.7 Å². The van der Waals surface area contributed by atoms with Crippen molar-refractivity contribution in [3.8, 4) is 0 Å². The Kier molecular flexibility index (Phi) is 5.32. The zero-order valence-electron chi connectivity index (χ0n) is 8.43. The summed E-state index contributed by atoms with van der Waals surface area (Å²) in [4.78, 5) is 11.4. The van der Waals surface area contributed by atoms with Crippen LogP contribution in [0.4, 0.5) is 0 Å². The lowest BCUT2D eigenvalue weighted by atomic mass is 10.1. The normalized spacial score (nSPS) is 10.1. The number of rotatable bonds is 4. The van der Waals surface area contributed by atoms with Crippen molar-refractivity contribution >= 4 is 37.8 Å². The fraction of sp³-hybridized carbons (Fsp3) is 0.364. The van der Waals surface area contributed by atoms with Gasteiger partial charge in [-0.2, -0.15) is 0 Å². The monoisotopic (exact) mass is 334 g/mol. The first-order valence-corrected chi connectivity index (χ1v) is 6.53. The van der Waals surface area contributed by atoms with E-state index >= 15 is 0 Å². The largest absolute Gasteiger partial charge is 0.465 e. The van der Waals surface area contributed by atoms with E-state index in [1.807, 2.05) is 18.2 Å². The number of carbonyl (C=O) groups excluding carboxylic acids is 1. The van der Waals surface area contributed by atoms with E-state index in [2.05, 4.69) is 31.9 Å². The molecule has 0 aliphatic heterocycles. The predicted octanol–water partition coefficient (Wildman–Crippen LogP) is 3.56. The maximum atomic E-state index is 11.4. The molecule has 1 aromatic rings. The highest BCUT2D eigenvalue weighted by atomic mass is 79.9. The van der Waals surface area contributed by atoms with Gasteiger partial charge in [-0.3, -0.25) is 0 Å². The number of hydrogen-bond donors (Lipinski definition) is 0. The van der Waals surface area contributed by atoms with Crippen molar-refractivity contribution in [2.75, 3.05) is 12.4 Å². The molecule has 1 aromatic carbocycles. The number of carbonyl (C=O) groups is 1. The quantitative estimate of drug-likeness (QED) is 0.621. The minimum absolute atomic E-state index is 0.303. The fourth-order valence-electron chi connectivity index (χ4n) is 1.27. The van der Waals surface area contributed by atoms with Crippen molar-refractivity contribution in [3.05, 3.63) is 33.8 Å². The number of methoxy groups -OCH3 is 1. The summed E-state index contributed by atoms with van der Waals surface area (Å²) in [6, 6.07) is 5.77. The van der Waals surface area contributed by atoms with Gasteiger partial charge in [0.15, 0.2) is 0 Å². The van der Waals surface area contributed by atoms with Gasteiger partial charge in [-0.05, 0) is 46.5 Å². The van der Waals surface area contributed by atoms with E-state index in [9.17, 15) is 4.79 Å².